The molecule has 0 atom stereocenters. The molecule has 0 aliphatic heterocycles. The van der Waals surface area contributed by atoms with Gasteiger partial charge < -0.3 is 9.73 Å². The molecule has 126 valence electrons. The molecule has 2 aromatic carbocycles. The number of carbonyl (C=O) groups excluding carboxylic acids is 1. The predicted octanol–water partition coefficient (Wildman–Crippen LogP) is 4.66. The second kappa shape index (κ2) is 7.03. The number of nitrogens with zero attached hydrogens (tertiary/aromatic N) is 2. The Morgan fingerprint density at radius 2 is 1.54 bits per heavy atom. The van der Waals surface area contributed by atoms with Crippen molar-refractivity contribution < 1.29 is 9.21 Å². The molecule has 5 heteroatoms. The summed E-state index contributed by atoms with van der Waals surface area (Å²) in [7, 11) is 0. The van der Waals surface area contributed by atoms with Crippen molar-refractivity contribution in [3.05, 3.63) is 90.9 Å². The lowest BCUT2D eigenvalue weighted by molar-refractivity contribution is 0.102. The summed E-state index contributed by atoms with van der Waals surface area (Å²) in [6.07, 6.45) is 3.33. The Morgan fingerprint density at radius 3 is 2.23 bits per heavy atom. The van der Waals surface area contributed by atoms with Crippen LogP contribution >= 0.6 is 0 Å². The van der Waals surface area contributed by atoms with Crippen LogP contribution in [0.15, 0.2) is 89.6 Å². The molecule has 4 rings (SSSR count). The van der Waals surface area contributed by atoms with Crippen molar-refractivity contribution in [2.45, 2.75) is 0 Å². The zero-order valence-corrected chi connectivity index (χ0v) is 13.8. The molecule has 2 heterocycles. The summed E-state index contributed by atoms with van der Waals surface area (Å²) >= 11 is 0. The van der Waals surface area contributed by atoms with Gasteiger partial charge in [-0.05, 0) is 24.3 Å². The molecule has 0 radical (unpaired) electrons. The molecule has 4 aromatic rings. The lowest BCUT2D eigenvalue weighted by Crippen LogP contribution is -2.13. The Balaban J connectivity index is 1.77. The first-order chi connectivity index (χ1) is 12.8. The van der Waals surface area contributed by atoms with Gasteiger partial charge in [0.1, 0.15) is 0 Å². The molecule has 1 N–H and O–H groups in total. The molecule has 0 spiro atoms. The highest BCUT2D eigenvalue weighted by Gasteiger charge is 2.22. The lowest BCUT2D eigenvalue weighted by atomic mass is 10.1. The van der Waals surface area contributed by atoms with E-state index in [-0.39, 0.29) is 11.6 Å². The first-order valence-electron chi connectivity index (χ1n) is 8.14. The number of carbonyl (C=O) groups is 1. The van der Waals surface area contributed by atoms with Gasteiger partial charge in [0.15, 0.2) is 11.5 Å². The largest absolute Gasteiger partial charge is 0.435 e. The van der Waals surface area contributed by atoms with Crippen LogP contribution in [0.3, 0.4) is 0 Å². The molecule has 0 saturated heterocycles. The van der Waals surface area contributed by atoms with Crippen LogP contribution in [0.5, 0.6) is 0 Å². The molecular formula is C21H15N3O2. The van der Waals surface area contributed by atoms with Gasteiger partial charge in [-0.1, -0.05) is 48.5 Å². The Kier molecular flexibility index (Phi) is 4.26. The fourth-order valence-electron chi connectivity index (χ4n) is 2.58. The number of nitrogens with one attached hydrogen (secondary N) is 1. The number of hydrogen-bond donors (Lipinski definition) is 1. The number of anilines is 1. The molecule has 2 aromatic heterocycles. The molecular weight excluding hydrogens is 326 g/mol. The van der Waals surface area contributed by atoms with Crippen molar-refractivity contribution in [3.8, 4) is 22.8 Å². The van der Waals surface area contributed by atoms with Crippen molar-refractivity contribution in [3.63, 3.8) is 0 Å². The van der Waals surface area contributed by atoms with Gasteiger partial charge in [-0.2, -0.15) is 0 Å². The second-order valence-corrected chi connectivity index (χ2v) is 5.62. The highest BCUT2D eigenvalue weighted by Crippen LogP contribution is 2.30. The molecule has 0 aliphatic rings. The maximum absolute atomic E-state index is 12.8. The van der Waals surface area contributed by atoms with Crippen molar-refractivity contribution in [2.24, 2.45) is 0 Å². The van der Waals surface area contributed by atoms with Crippen LogP contribution in [0.1, 0.15) is 10.5 Å². The smallest absolute Gasteiger partial charge is 0.278 e. The third-order valence-corrected chi connectivity index (χ3v) is 3.82. The predicted molar refractivity (Wildman–Crippen MR) is 99.6 cm³/mol. The molecule has 0 fully saturated rings. The number of hydrogen-bond acceptors (Lipinski definition) is 4. The zero-order chi connectivity index (χ0) is 17.8. The number of para-hydroxylation sites is 1. The van der Waals surface area contributed by atoms with E-state index in [1.165, 1.54) is 0 Å². The second-order valence-electron chi connectivity index (χ2n) is 5.62. The van der Waals surface area contributed by atoms with E-state index in [1.807, 2.05) is 66.7 Å². The van der Waals surface area contributed by atoms with Gasteiger partial charge in [-0.25, -0.2) is 4.98 Å². The van der Waals surface area contributed by atoms with Gasteiger partial charge in [-0.15, -0.1) is 0 Å². The third kappa shape index (κ3) is 3.23. The molecule has 0 saturated carbocycles. The van der Waals surface area contributed by atoms with E-state index in [2.05, 4.69) is 15.3 Å². The fraction of sp³-hybridized carbons (Fsp3) is 0. The standard InChI is InChI=1S/C21H15N3O2/c25-20(23-17-11-5-2-6-12-17)18-19(15-8-3-1-4-9-15)26-21(24-18)16-10-7-13-22-14-16/h1-14H,(H,23,25). The van der Waals surface area contributed by atoms with Crippen molar-refractivity contribution in [1.82, 2.24) is 9.97 Å². The van der Waals surface area contributed by atoms with Gasteiger partial charge in [-0.3, -0.25) is 9.78 Å². The SMILES string of the molecule is O=C(Nc1ccccc1)c1nc(-c2cccnc2)oc1-c1ccccc1. The minimum atomic E-state index is -0.325. The van der Waals surface area contributed by atoms with E-state index < -0.39 is 0 Å². The monoisotopic (exact) mass is 341 g/mol. The van der Waals surface area contributed by atoms with Crippen LogP contribution in [0.25, 0.3) is 22.8 Å². The van der Waals surface area contributed by atoms with Crippen LogP contribution in [-0.4, -0.2) is 15.9 Å². The number of aromatic nitrogens is 2. The first-order valence-corrected chi connectivity index (χ1v) is 8.14. The van der Waals surface area contributed by atoms with Crippen LogP contribution in [-0.2, 0) is 0 Å². The zero-order valence-electron chi connectivity index (χ0n) is 13.8. The number of amides is 1. The van der Waals surface area contributed by atoms with Crippen LogP contribution in [0.2, 0.25) is 0 Å². The molecule has 0 aliphatic carbocycles. The minimum Gasteiger partial charge on any atom is -0.435 e. The summed E-state index contributed by atoms with van der Waals surface area (Å²) in [6.45, 7) is 0. The van der Waals surface area contributed by atoms with Crippen LogP contribution < -0.4 is 5.32 Å². The average Bonchev–Trinajstić information content (AvgIpc) is 3.16. The van der Waals surface area contributed by atoms with E-state index in [1.54, 1.807) is 18.5 Å². The lowest BCUT2D eigenvalue weighted by Gasteiger charge is -2.04. The third-order valence-electron chi connectivity index (χ3n) is 3.82. The maximum atomic E-state index is 12.8. The quantitative estimate of drug-likeness (QED) is 0.586. The van der Waals surface area contributed by atoms with E-state index >= 15 is 0 Å². The molecule has 0 unspecified atom stereocenters. The summed E-state index contributed by atoms with van der Waals surface area (Å²) < 4.78 is 5.93. The molecule has 0 bridgehead atoms. The van der Waals surface area contributed by atoms with Gasteiger partial charge in [0.2, 0.25) is 5.89 Å². The highest BCUT2D eigenvalue weighted by molar-refractivity contribution is 6.06. The number of benzene rings is 2. The summed E-state index contributed by atoms with van der Waals surface area (Å²) in [5, 5.41) is 2.86. The normalized spacial score (nSPS) is 10.5. The van der Waals surface area contributed by atoms with Crippen LogP contribution in [0.4, 0.5) is 5.69 Å². The Hall–Kier alpha value is -3.73. The van der Waals surface area contributed by atoms with Crippen molar-refractivity contribution in [1.29, 1.82) is 0 Å². The first kappa shape index (κ1) is 15.8. The molecule has 26 heavy (non-hydrogen) atoms. The van der Waals surface area contributed by atoms with E-state index in [9.17, 15) is 4.79 Å². The minimum absolute atomic E-state index is 0.235. The Morgan fingerprint density at radius 1 is 0.846 bits per heavy atom. The van der Waals surface area contributed by atoms with Crippen LogP contribution in [0, 0.1) is 0 Å². The summed E-state index contributed by atoms with van der Waals surface area (Å²) in [5.41, 5.74) is 2.43. The van der Waals surface area contributed by atoms with E-state index in [4.69, 9.17) is 4.42 Å². The number of rotatable bonds is 4. The molecule has 1 amide bonds. The maximum Gasteiger partial charge on any atom is 0.278 e. The van der Waals surface area contributed by atoms with Gasteiger partial charge >= 0.3 is 0 Å². The van der Waals surface area contributed by atoms with E-state index in [0.717, 1.165) is 5.56 Å². The Labute approximate surface area is 150 Å². The van der Waals surface area contributed by atoms with Gasteiger partial charge in [0.25, 0.3) is 5.91 Å². The summed E-state index contributed by atoms with van der Waals surface area (Å²) in [6, 6.07) is 22.3. The highest BCUT2D eigenvalue weighted by atomic mass is 16.4. The Bertz CT molecular complexity index is 1010. The number of pyridine rings is 1. The van der Waals surface area contributed by atoms with Crippen molar-refractivity contribution in [2.75, 3.05) is 5.32 Å². The molecule has 5 nitrogen and oxygen atoms in total. The summed E-state index contributed by atoms with van der Waals surface area (Å²) in [5.74, 6) is 0.460. The average molecular weight is 341 g/mol. The van der Waals surface area contributed by atoms with Gasteiger partial charge in [0, 0.05) is 23.6 Å². The van der Waals surface area contributed by atoms with E-state index in [0.29, 0.717) is 22.9 Å². The van der Waals surface area contributed by atoms with Gasteiger partial charge in [0.05, 0.1) is 5.56 Å². The topological polar surface area (TPSA) is 68.0 Å². The number of oxazole rings is 1. The fourth-order valence-corrected chi connectivity index (χ4v) is 2.58. The summed E-state index contributed by atoms with van der Waals surface area (Å²) in [4.78, 5) is 21.3. The van der Waals surface area contributed by atoms with Crippen molar-refractivity contribution >= 4 is 11.6 Å².